The minimum absolute atomic E-state index is 0.0223. The molecule has 0 saturated heterocycles. The van der Waals surface area contributed by atoms with Crippen LogP contribution in [0.2, 0.25) is 5.02 Å². The van der Waals surface area contributed by atoms with E-state index in [1.54, 1.807) is 16.7 Å². The van der Waals surface area contributed by atoms with Crippen LogP contribution in [0.3, 0.4) is 0 Å². The molecule has 0 aliphatic rings. The number of thioether (sulfide) groups is 1. The molecule has 0 aliphatic carbocycles. The van der Waals surface area contributed by atoms with Gasteiger partial charge >= 0.3 is 0 Å². The second-order valence-electron chi connectivity index (χ2n) is 7.57. The first-order chi connectivity index (χ1) is 14.4. The number of hydrogen-bond donors (Lipinski definition) is 1. The second kappa shape index (κ2) is 12.7. The van der Waals surface area contributed by atoms with Gasteiger partial charge in [0.1, 0.15) is 6.04 Å². The molecule has 2 rings (SSSR count). The highest BCUT2D eigenvalue weighted by molar-refractivity contribution is 7.99. The monoisotopic (exact) mass is 446 g/mol. The van der Waals surface area contributed by atoms with Gasteiger partial charge in [-0.1, -0.05) is 41.9 Å². The molecule has 6 heteroatoms. The van der Waals surface area contributed by atoms with Crippen LogP contribution in [0.25, 0.3) is 0 Å². The Labute approximate surface area is 189 Å². The Morgan fingerprint density at radius 2 is 1.70 bits per heavy atom. The topological polar surface area (TPSA) is 49.4 Å². The van der Waals surface area contributed by atoms with Crippen molar-refractivity contribution in [3.8, 4) is 0 Å². The van der Waals surface area contributed by atoms with Crippen LogP contribution in [-0.4, -0.2) is 41.1 Å². The minimum atomic E-state index is -0.493. The van der Waals surface area contributed by atoms with E-state index in [0.29, 0.717) is 13.0 Å². The van der Waals surface area contributed by atoms with E-state index in [4.69, 9.17) is 11.6 Å². The molecule has 1 N–H and O–H groups in total. The Kier molecular flexibility index (Phi) is 10.2. The van der Waals surface area contributed by atoms with E-state index in [2.05, 4.69) is 5.32 Å². The van der Waals surface area contributed by atoms with Crippen LogP contribution in [0, 0.1) is 0 Å². The standard InChI is InChI=1S/C24H31ClN2O2S/c1-18(2)26-24(29)19(3)27(16-15-20-8-5-4-6-9-20)23(28)10-7-17-30-22-13-11-21(25)12-14-22/h4-6,8-9,11-14,18-19H,7,10,15-17H2,1-3H3,(H,26,29). The van der Waals surface area contributed by atoms with E-state index >= 15 is 0 Å². The fraction of sp³-hybridized carbons (Fsp3) is 0.417. The Balaban J connectivity index is 1.92. The molecule has 162 valence electrons. The van der Waals surface area contributed by atoms with E-state index < -0.39 is 6.04 Å². The third kappa shape index (κ3) is 8.41. The van der Waals surface area contributed by atoms with Gasteiger partial charge in [0.2, 0.25) is 11.8 Å². The molecule has 1 atom stereocenters. The zero-order valence-corrected chi connectivity index (χ0v) is 19.5. The van der Waals surface area contributed by atoms with Crippen LogP contribution in [-0.2, 0) is 16.0 Å². The fourth-order valence-electron chi connectivity index (χ4n) is 3.06. The van der Waals surface area contributed by atoms with Gasteiger partial charge < -0.3 is 10.2 Å². The van der Waals surface area contributed by atoms with Gasteiger partial charge in [0, 0.05) is 28.9 Å². The summed E-state index contributed by atoms with van der Waals surface area (Å²) in [5, 5.41) is 3.64. The number of hydrogen-bond acceptors (Lipinski definition) is 3. The molecule has 0 radical (unpaired) electrons. The number of rotatable bonds is 11. The molecule has 0 aliphatic heterocycles. The number of amides is 2. The summed E-state index contributed by atoms with van der Waals surface area (Å²) in [7, 11) is 0. The summed E-state index contributed by atoms with van der Waals surface area (Å²) in [5.41, 5.74) is 1.16. The average Bonchev–Trinajstić information content (AvgIpc) is 2.72. The molecule has 0 aromatic heterocycles. The molecule has 4 nitrogen and oxygen atoms in total. The van der Waals surface area contributed by atoms with Crippen LogP contribution < -0.4 is 5.32 Å². The molecule has 2 aromatic rings. The van der Waals surface area contributed by atoms with E-state index in [1.165, 1.54) is 0 Å². The lowest BCUT2D eigenvalue weighted by Gasteiger charge is -2.29. The SMILES string of the molecule is CC(C)NC(=O)C(C)N(CCc1ccccc1)C(=O)CCCSc1ccc(Cl)cc1. The summed E-state index contributed by atoms with van der Waals surface area (Å²) in [6.07, 6.45) is 1.91. The third-order valence-corrected chi connectivity index (χ3v) is 6.05. The molecule has 0 bridgehead atoms. The summed E-state index contributed by atoms with van der Waals surface area (Å²) >= 11 is 7.63. The van der Waals surface area contributed by atoms with Crippen molar-refractivity contribution in [3.63, 3.8) is 0 Å². The number of nitrogens with zero attached hydrogens (tertiary/aromatic N) is 1. The first-order valence-electron chi connectivity index (χ1n) is 10.4. The number of carbonyl (C=O) groups excluding carboxylic acids is 2. The van der Waals surface area contributed by atoms with E-state index in [-0.39, 0.29) is 17.9 Å². The molecule has 30 heavy (non-hydrogen) atoms. The zero-order chi connectivity index (χ0) is 21.9. The molecule has 0 heterocycles. The zero-order valence-electron chi connectivity index (χ0n) is 17.9. The minimum Gasteiger partial charge on any atom is -0.352 e. The van der Waals surface area contributed by atoms with Crippen molar-refractivity contribution in [3.05, 3.63) is 65.2 Å². The van der Waals surface area contributed by atoms with Gasteiger partial charge in [0.05, 0.1) is 0 Å². The summed E-state index contributed by atoms with van der Waals surface area (Å²) < 4.78 is 0. The van der Waals surface area contributed by atoms with Crippen molar-refractivity contribution in [1.82, 2.24) is 10.2 Å². The largest absolute Gasteiger partial charge is 0.352 e. The lowest BCUT2D eigenvalue weighted by atomic mass is 10.1. The van der Waals surface area contributed by atoms with E-state index in [1.807, 2.05) is 75.4 Å². The summed E-state index contributed by atoms with van der Waals surface area (Å²) in [4.78, 5) is 28.4. The van der Waals surface area contributed by atoms with Crippen LogP contribution in [0.1, 0.15) is 39.2 Å². The van der Waals surface area contributed by atoms with Crippen molar-refractivity contribution < 1.29 is 9.59 Å². The van der Waals surface area contributed by atoms with Crippen molar-refractivity contribution >= 4 is 35.2 Å². The van der Waals surface area contributed by atoms with E-state index in [0.717, 1.165) is 34.1 Å². The lowest BCUT2D eigenvalue weighted by molar-refractivity contribution is -0.140. The van der Waals surface area contributed by atoms with Crippen molar-refractivity contribution in [2.75, 3.05) is 12.3 Å². The van der Waals surface area contributed by atoms with Crippen LogP contribution >= 0.6 is 23.4 Å². The Hall–Kier alpha value is -1.98. The second-order valence-corrected chi connectivity index (χ2v) is 9.17. The average molecular weight is 447 g/mol. The predicted octanol–water partition coefficient (Wildman–Crippen LogP) is 5.20. The number of halogens is 1. The molecule has 1 unspecified atom stereocenters. The highest BCUT2D eigenvalue weighted by atomic mass is 35.5. The Morgan fingerprint density at radius 3 is 2.33 bits per heavy atom. The maximum atomic E-state index is 13.0. The van der Waals surface area contributed by atoms with Crippen LogP contribution in [0.4, 0.5) is 0 Å². The first kappa shape index (κ1) is 24.3. The molecule has 0 saturated carbocycles. The first-order valence-corrected chi connectivity index (χ1v) is 11.8. The van der Waals surface area contributed by atoms with Gasteiger partial charge in [0.15, 0.2) is 0 Å². The van der Waals surface area contributed by atoms with Crippen molar-refractivity contribution in [2.45, 2.75) is 57.0 Å². The van der Waals surface area contributed by atoms with Gasteiger partial charge in [-0.2, -0.15) is 0 Å². The molecular weight excluding hydrogens is 416 g/mol. The molecule has 2 aromatic carbocycles. The predicted molar refractivity (Wildman–Crippen MR) is 126 cm³/mol. The van der Waals surface area contributed by atoms with Crippen LogP contribution in [0.5, 0.6) is 0 Å². The highest BCUT2D eigenvalue weighted by Crippen LogP contribution is 2.21. The Morgan fingerprint density at radius 1 is 1.03 bits per heavy atom. The van der Waals surface area contributed by atoms with Gasteiger partial charge in [0.25, 0.3) is 0 Å². The third-order valence-electron chi connectivity index (χ3n) is 4.70. The van der Waals surface area contributed by atoms with Crippen molar-refractivity contribution in [1.29, 1.82) is 0 Å². The smallest absolute Gasteiger partial charge is 0.242 e. The van der Waals surface area contributed by atoms with E-state index in [9.17, 15) is 9.59 Å². The molecule has 2 amide bonds. The number of carbonyl (C=O) groups is 2. The maximum absolute atomic E-state index is 13.0. The summed E-state index contributed by atoms with van der Waals surface area (Å²) in [5.74, 6) is 0.753. The van der Waals surface area contributed by atoms with Crippen LogP contribution in [0.15, 0.2) is 59.5 Å². The maximum Gasteiger partial charge on any atom is 0.242 e. The van der Waals surface area contributed by atoms with Gasteiger partial charge in [-0.15, -0.1) is 11.8 Å². The van der Waals surface area contributed by atoms with Crippen molar-refractivity contribution in [2.24, 2.45) is 0 Å². The summed E-state index contributed by atoms with van der Waals surface area (Å²) in [6.45, 7) is 6.19. The van der Waals surface area contributed by atoms with Gasteiger partial charge in [-0.3, -0.25) is 9.59 Å². The molecule has 0 fully saturated rings. The Bertz CT molecular complexity index is 797. The quantitative estimate of drug-likeness (QED) is 0.381. The number of benzene rings is 2. The summed E-state index contributed by atoms with van der Waals surface area (Å²) in [6, 6.07) is 17.3. The lowest BCUT2D eigenvalue weighted by Crippen LogP contribution is -2.50. The molecule has 0 spiro atoms. The highest BCUT2D eigenvalue weighted by Gasteiger charge is 2.25. The molecular formula is C24H31ClN2O2S. The normalized spacial score (nSPS) is 11.9. The van der Waals surface area contributed by atoms with Gasteiger partial charge in [-0.05, 0) is 69.2 Å². The van der Waals surface area contributed by atoms with Gasteiger partial charge in [-0.25, -0.2) is 0 Å². The fourth-order valence-corrected chi connectivity index (χ4v) is 4.04. The number of nitrogens with one attached hydrogen (secondary N) is 1.